The molecule has 0 aromatic carbocycles. The Kier molecular flexibility index (Phi) is 6.70. The van der Waals surface area contributed by atoms with Crippen LogP contribution in [0, 0.1) is 5.92 Å². The molecular weight excluding hydrogens is 200 g/mol. The van der Waals surface area contributed by atoms with Crippen LogP contribution in [-0.4, -0.2) is 17.0 Å². The summed E-state index contributed by atoms with van der Waals surface area (Å²) in [4.78, 5) is 11.3. The van der Waals surface area contributed by atoms with Gasteiger partial charge in [0.15, 0.2) is 0 Å². The minimum Gasteiger partial charge on any atom is -0.393 e. The van der Waals surface area contributed by atoms with Crippen molar-refractivity contribution in [2.24, 2.45) is 5.92 Å². The van der Waals surface area contributed by atoms with E-state index in [9.17, 15) is 9.90 Å². The van der Waals surface area contributed by atoms with Gasteiger partial charge in [0, 0.05) is 12.8 Å². The summed E-state index contributed by atoms with van der Waals surface area (Å²) in [5.41, 5.74) is 0. The molecule has 1 fully saturated rings. The number of Topliss-reactive ketones (excluding diaryl/α,β-unsaturated/α-hetero) is 1. The van der Waals surface area contributed by atoms with Crippen LogP contribution in [0.1, 0.15) is 71.1 Å². The molecule has 0 heterocycles. The minimum atomic E-state index is -0.388. The Labute approximate surface area is 99.4 Å². The normalized spacial score (nSPS) is 19.6. The van der Waals surface area contributed by atoms with Gasteiger partial charge in [-0.15, -0.1) is 0 Å². The molecule has 2 nitrogen and oxygen atoms in total. The summed E-state index contributed by atoms with van der Waals surface area (Å²) in [6.07, 6.45) is 10.2. The van der Waals surface area contributed by atoms with Crippen molar-refractivity contribution in [3.8, 4) is 0 Å². The van der Waals surface area contributed by atoms with Crippen molar-refractivity contribution in [3.63, 3.8) is 0 Å². The highest BCUT2D eigenvalue weighted by Crippen LogP contribution is 2.28. The summed E-state index contributed by atoms with van der Waals surface area (Å²) in [7, 11) is 0. The average Bonchev–Trinajstić information content (AvgIpc) is 2.28. The van der Waals surface area contributed by atoms with E-state index in [1.54, 1.807) is 0 Å². The first kappa shape index (κ1) is 13.7. The van der Waals surface area contributed by atoms with Crippen molar-refractivity contribution in [1.82, 2.24) is 0 Å². The third-order valence-corrected chi connectivity index (χ3v) is 3.63. The maximum absolute atomic E-state index is 11.3. The van der Waals surface area contributed by atoms with E-state index in [1.165, 1.54) is 32.1 Å². The average molecular weight is 226 g/mol. The molecule has 16 heavy (non-hydrogen) atoms. The van der Waals surface area contributed by atoms with Crippen molar-refractivity contribution in [3.05, 3.63) is 0 Å². The Morgan fingerprint density at radius 3 is 2.62 bits per heavy atom. The fourth-order valence-electron chi connectivity index (χ4n) is 2.65. The van der Waals surface area contributed by atoms with E-state index in [0.29, 0.717) is 12.8 Å². The third-order valence-electron chi connectivity index (χ3n) is 3.63. The summed E-state index contributed by atoms with van der Waals surface area (Å²) in [5, 5.41) is 9.76. The number of ketones is 1. The minimum absolute atomic E-state index is 0.221. The second-order valence-corrected chi connectivity index (χ2v) is 5.23. The third kappa shape index (κ3) is 5.64. The maximum Gasteiger partial charge on any atom is 0.135 e. The van der Waals surface area contributed by atoms with E-state index in [0.717, 1.165) is 25.2 Å². The molecule has 1 rings (SSSR count). The molecule has 0 aromatic rings. The van der Waals surface area contributed by atoms with Crippen molar-refractivity contribution in [1.29, 1.82) is 0 Å². The van der Waals surface area contributed by atoms with Gasteiger partial charge in [0.1, 0.15) is 5.78 Å². The highest BCUT2D eigenvalue weighted by Gasteiger charge is 2.16. The molecule has 1 aliphatic rings. The van der Waals surface area contributed by atoms with Gasteiger partial charge >= 0.3 is 0 Å². The first-order valence-electron chi connectivity index (χ1n) is 6.92. The number of carbonyl (C=O) groups excluding carboxylic acids is 1. The smallest absolute Gasteiger partial charge is 0.135 e. The Morgan fingerprint density at radius 2 is 2.00 bits per heavy atom. The molecule has 0 radical (unpaired) electrons. The van der Waals surface area contributed by atoms with Crippen LogP contribution in [0.4, 0.5) is 0 Å². The van der Waals surface area contributed by atoms with Gasteiger partial charge in [-0.3, -0.25) is 4.79 Å². The van der Waals surface area contributed by atoms with Crippen molar-refractivity contribution < 1.29 is 9.90 Å². The Hall–Kier alpha value is -0.370. The molecule has 0 saturated heterocycles. The molecule has 1 atom stereocenters. The Bertz CT molecular complexity index is 195. The van der Waals surface area contributed by atoms with Crippen LogP contribution in [0.5, 0.6) is 0 Å². The zero-order chi connectivity index (χ0) is 11.8. The van der Waals surface area contributed by atoms with Crippen LogP contribution in [-0.2, 0) is 4.79 Å². The Morgan fingerprint density at radius 1 is 1.31 bits per heavy atom. The van der Waals surface area contributed by atoms with Crippen LogP contribution in [0.3, 0.4) is 0 Å². The predicted molar refractivity (Wildman–Crippen MR) is 66.3 cm³/mol. The highest BCUT2D eigenvalue weighted by molar-refractivity contribution is 5.78. The number of rotatable bonds is 7. The van der Waals surface area contributed by atoms with Gasteiger partial charge in [-0.25, -0.2) is 0 Å². The van der Waals surface area contributed by atoms with E-state index < -0.39 is 0 Å². The van der Waals surface area contributed by atoms with Crippen LogP contribution in [0.25, 0.3) is 0 Å². The first-order valence-corrected chi connectivity index (χ1v) is 6.92. The molecule has 1 saturated carbocycles. The zero-order valence-electron chi connectivity index (χ0n) is 10.6. The number of carbonyl (C=O) groups is 1. The quantitative estimate of drug-likeness (QED) is 0.721. The summed E-state index contributed by atoms with van der Waals surface area (Å²) >= 11 is 0. The lowest BCUT2D eigenvalue weighted by molar-refractivity contribution is -0.121. The monoisotopic (exact) mass is 226 g/mol. The predicted octanol–water partition coefficient (Wildman–Crippen LogP) is 3.47. The summed E-state index contributed by atoms with van der Waals surface area (Å²) in [6, 6.07) is 0. The number of aliphatic hydroxyl groups is 1. The standard InChI is InChI=1S/C14H26O2/c1-2-6-13(15)11-14(16)10-9-12-7-4-3-5-8-12/h12,14,16H,2-11H2,1H3. The van der Waals surface area contributed by atoms with E-state index in [-0.39, 0.29) is 11.9 Å². The SMILES string of the molecule is CCCC(=O)CC(O)CCC1CCCCC1. The summed E-state index contributed by atoms with van der Waals surface area (Å²) in [6.45, 7) is 2.01. The fraction of sp³-hybridized carbons (Fsp3) is 0.929. The second kappa shape index (κ2) is 7.83. The van der Waals surface area contributed by atoms with Crippen LogP contribution < -0.4 is 0 Å². The van der Waals surface area contributed by atoms with Crippen molar-refractivity contribution >= 4 is 5.78 Å². The van der Waals surface area contributed by atoms with Gasteiger partial charge < -0.3 is 5.11 Å². The highest BCUT2D eigenvalue weighted by atomic mass is 16.3. The van der Waals surface area contributed by atoms with Gasteiger partial charge in [0.2, 0.25) is 0 Å². The molecule has 0 aromatic heterocycles. The summed E-state index contributed by atoms with van der Waals surface area (Å²) in [5.74, 6) is 1.03. The van der Waals surface area contributed by atoms with E-state index >= 15 is 0 Å². The molecule has 94 valence electrons. The maximum atomic E-state index is 11.3. The lowest BCUT2D eigenvalue weighted by atomic mass is 9.85. The number of hydrogen-bond acceptors (Lipinski definition) is 2. The molecule has 1 aliphatic carbocycles. The van der Waals surface area contributed by atoms with Gasteiger partial charge in [-0.05, 0) is 25.2 Å². The van der Waals surface area contributed by atoms with Crippen LogP contribution in [0.15, 0.2) is 0 Å². The molecule has 0 amide bonds. The lowest BCUT2D eigenvalue weighted by Crippen LogP contribution is -2.16. The molecule has 1 N–H and O–H groups in total. The summed E-state index contributed by atoms with van der Waals surface area (Å²) < 4.78 is 0. The Balaban J connectivity index is 2.08. The van der Waals surface area contributed by atoms with Gasteiger partial charge in [0.05, 0.1) is 6.10 Å². The zero-order valence-corrected chi connectivity index (χ0v) is 10.6. The van der Waals surface area contributed by atoms with Crippen LogP contribution in [0.2, 0.25) is 0 Å². The fourth-order valence-corrected chi connectivity index (χ4v) is 2.65. The van der Waals surface area contributed by atoms with E-state index in [1.807, 2.05) is 6.92 Å². The van der Waals surface area contributed by atoms with Crippen molar-refractivity contribution in [2.75, 3.05) is 0 Å². The molecule has 2 heteroatoms. The molecular formula is C14H26O2. The van der Waals surface area contributed by atoms with E-state index in [2.05, 4.69) is 0 Å². The molecule has 0 bridgehead atoms. The van der Waals surface area contributed by atoms with Crippen molar-refractivity contribution in [2.45, 2.75) is 77.2 Å². The first-order chi connectivity index (χ1) is 7.72. The topological polar surface area (TPSA) is 37.3 Å². The van der Waals surface area contributed by atoms with E-state index in [4.69, 9.17) is 0 Å². The molecule has 1 unspecified atom stereocenters. The van der Waals surface area contributed by atoms with Gasteiger partial charge in [-0.2, -0.15) is 0 Å². The largest absolute Gasteiger partial charge is 0.393 e. The van der Waals surface area contributed by atoms with Gasteiger partial charge in [0.25, 0.3) is 0 Å². The molecule has 0 aliphatic heterocycles. The number of hydrogen-bond donors (Lipinski definition) is 1. The second-order valence-electron chi connectivity index (χ2n) is 5.23. The van der Waals surface area contributed by atoms with Crippen LogP contribution >= 0.6 is 0 Å². The molecule has 0 spiro atoms. The lowest BCUT2D eigenvalue weighted by Gasteiger charge is -2.22. The van der Waals surface area contributed by atoms with Gasteiger partial charge in [-0.1, -0.05) is 39.0 Å². The number of aliphatic hydroxyl groups excluding tert-OH is 1.